The second kappa shape index (κ2) is 5.95. The van der Waals surface area contributed by atoms with E-state index in [0.717, 1.165) is 5.56 Å². The molecular formula is C10H17N3O3S. The number of aryl methyl sites for hydroxylation is 1. The molecule has 0 atom stereocenters. The second-order valence-electron chi connectivity index (χ2n) is 3.48. The standard InChI is InChI=1S/C10H17N3O3S/c1-8-6-9(7-12-10(8)11-2)17(14,15)13-4-5-16-3/h6-7,13H,4-5H2,1-3H3,(H,11,12). The molecule has 96 valence electrons. The van der Waals surface area contributed by atoms with Gasteiger partial charge in [0.1, 0.15) is 10.7 Å². The molecule has 0 aliphatic heterocycles. The van der Waals surface area contributed by atoms with Gasteiger partial charge in [-0.1, -0.05) is 0 Å². The Morgan fingerprint density at radius 1 is 1.47 bits per heavy atom. The number of hydrogen-bond acceptors (Lipinski definition) is 5. The summed E-state index contributed by atoms with van der Waals surface area (Å²) in [6, 6.07) is 1.58. The Bertz CT molecular complexity index is 474. The maximum atomic E-state index is 11.8. The first-order chi connectivity index (χ1) is 8.01. The molecule has 0 aromatic carbocycles. The third-order valence-corrected chi connectivity index (χ3v) is 3.63. The molecule has 1 aromatic rings. The minimum absolute atomic E-state index is 0.158. The van der Waals surface area contributed by atoms with E-state index in [0.29, 0.717) is 12.4 Å². The van der Waals surface area contributed by atoms with Crippen molar-refractivity contribution in [3.63, 3.8) is 0 Å². The van der Waals surface area contributed by atoms with Gasteiger partial charge in [-0.2, -0.15) is 0 Å². The Kier molecular flexibility index (Phi) is 4.86. The number of nitrogens with zero attached hydrogens (tertiary/aromatic N) is 1. The number of rotatable bonds is 6. The highest BCUT2D eigenvalue weighted by molar-refractivity contribution is 7.89. The third-order valence-electron chi connectivity index (χ3n) is 2.20. The maximum Gasteiger partial charge on any atom is 0.242 e. The molecule has 0 amide bonds. The summed E-state index contributed by atoms with van der Waals surface area (Å²) in [6.07, 6.45) is 1.33. The Morgan fingerprint density at radius 2 is 2.18 bits per heavy atom. The monoisotopic (exact) mass is 259 g/mol. The summed E-state index contributed by atoms with van der Waals surface area (Å²) < 4.78 is 30.9. The van der Waals surface area contributed by atoms with Crippen LogP contribution in [0, 0.1) is 6.92 Å². The van der Waals surface area contributed by atoms with Crippen LogP contribution in [0.5, 0.6) is 0 Å². The van der Waals surface area contributed by atoms with E-state index in [1.807, 2.05) is 0 Å². The van der Waals surface area contributed by atoms with Crippen LogP contribution in [-0.4, -0.2) is 40.7 Å². The highest BCUT2D eigenvalue weighted by Crippen LogP contribution is 2.15. The van der Waals surface area contributed by atoms with Gasteiger partial charge in [0.2, 0.25) is 10.0 Å². The number of hydrogen-bond donors (Lipinski definition) is 2. The summed E-state index contributed by atoms with van der Waals surface area (Å²) in [5.41, 5.74) is 0.780. The van der Waals surface area contributed by atoms with Crippen molar-refractivity contribution in [1.29, 1.82) is 0 Å². The van der Waals surface area contributed by atoms with Crippen LogP contribution in [0.15, 0.2) is 17.2 Å². The molecule has 0 aliphatic rings. The van der Waals surface area contributed by atoms with E-state index in [-0.39, 0.29) is 11.4 Å². The quantitative estimate of drug-likeness (QED) is 0.721. The highest BCUT2D eigenvalue weighted by atomic mass is 32.2. The number of aromatic nitrogens is 1. The number of nitrogens with one attached hydrogen (secondary N) is 2. The van der Waals surface area contributed by atoms with E-state index < -0.39 is 10.0 Å². The first kappa shape index (κ1) is 13.9. The van der Waals surface area contributed by atoms with Gasteiger partial charge in [-0.15, -0.1) is 0 Å². The lowest BCUT2D eigenvalue weighted by Crippen LogP contribution is -2.27. The number of sulfonamides is 1. The van der Waals surface area contributed by atoms with Gasteiger partial charge in [0.15, 0.2) is 0 Å². The zero-order valence-corrected chi connectivity index (χ0v) is 11.0. The molecule has 7 heteroatoms. The summed E-state index contributed by atoms with van der Waals surface area (Å²) in [5.74, 6) is 0.667. The number of pyridine rings is 1. The summed E-state index contributed by atoms with van der Waals surface area (Å²) in [6.45, 7) is 2.37. The zero-order chi connectivity index (χ0) is 12.9. The van der Waals surface area contributed by atoms with Gasteiger partial charge in [-0.05, 0) is 18.6 Å². The molecule has 0 saturated heterocycles. The Hall–Kier alpha value is -1.18. The fourth-order valence-electron chi connectivity index (χ4n) is 1.32. The van der Waals surface area contributed by atoms with Gasteiger partial charge < -0.3 is 10.1 Å². The van der Waals surface area contributed by atoms with E-state index in [1.54, 1.807) is 20.0 Å². The average Bonchev–Trinajstić information content (AvgIpc) is 2.29. The fraction of sp³-hybridized carbons (Fsp3) is 0.500. The van der Waals surface area contributed by atoms with Crippen molar-refractivity contribution in [2.24, 2.45) is 0 Å². The smallest absolute Gasteiger partial charge is 0.242 e. The van der Waals surface area contributed by atoms with Gasteiger partial charge in [-0.3, -0.25) is 0 Å². The molecular weight excluding hydrogens is 242 g/mol. The van der Waals surface area contributed by atoms with Gasteiger partial charge in [0, 0.05) is 26.9 Å². The molecule has 0 spiro atoms. The van der Waals surface area contributed by atoms with Crippen LogP contribution in [0.3, 0.4) is 0 Å². The second-order valence-corrected chi connectivity index (χ2v) is 5.24. The molecule has 2 N–H and O–H groups in total. The van der Waals surface area contributed by atoms with Gasteiger partial charge in [0.25, 0.3) is 0 Å². The number of ether oxygens (including phenoxy) is 1. The molecule has 0 saturated carbocycles. The van der Waals surface area contributed by atoms with Crippen molar-refractivity contribution in [2.45, 2.75) is 11.8 Å². The van der Waals surface area contributed by atoms with Crippen LogP contribution in [0.1, 0.15) is 5.56 Å². The topological polar surface area (TPSA) is 80.3 Å². The Balaban J connectivity index is 2.88. The number of anilines is 1. The highest BCUT2D eigenvalue weighted by Gasteiger charge is 2.14. The van der Waals surface area contributed by atoms with Crippen molar-refractivity contribution in [3.8, 4) is 0 Å². The van der Waals surface area contributed by atoms with E-state index in [2.05, 4.69) is 15.0 Å². The van der Waals surface area contributed by atoms with Gasteiger partial charge >= 0.3 is 0 Å². The lowest BCUT2D eigenvalue weighted by atomic mass is 10.3. The normalized spacial score (nSPS) is 11.5. The summed E-state index contributed by atoms with van der Waals surface area (Å²) in [4.78, 5) is 4.19. The number of methoxy groups -OCH3 is 1. The molecule has 0 aliphatic carbocycles. The van der Waals surface area contributed by atoms with Crippen molar-refractivity contribution < 1.29 is 13.2 Å². The third kappa shape index (κ3) is 3.65. The predicted octanol–water partition coefficient (Wildman–Crippen LogP) is 0.356. The molecule has 6 nitrogen and oxygen atoms in total. The van der Waals surface area contributed by atoms with Crippen molar-refractivity contribution in [3.05, 3.63) is 17.8 Å². The SMILES string of the molecule is CNc1ncc(S(=O)(=O)NCCOC)cc1C. The van der Waals surface area contributed by atoms with Crippen LogP contribution >= 0.6 is 0 Å². The molecule has 0 radical (unpaired) electrons. The fourth-order valence-corrected chi connectivity index (χ4v) is 2.36. The van der Waals surface area contributed by atoms with E-state index >= 15 is 0 Å². The summed E-state index contributed by atoms with van der Waals surface area (Å²) >= 11 is 0. The van der Waals surface area contributed by atoms with Gasteiger partial charge in [0.05, 0.1) is 6.61 Å². The van der Waals surface area contributed by atoms with Crippen molar-refractivity contribution in [1.82, 2.24) is 9.71 Å². The summed E-state index contributed by atoms with van der Waals surface area (Å²) in [5, 5.41) is 2.88. The van der Waals surface area contributed by atoms with Crippen LogP contribution in [0.25, 0.3) is 0 Å². The lowest BCUT2D eigenvalue weighted by Gasteiger charge is -2.08. The van der Waals surface area contributed by atoms with Crippen LogP contribution in [0.2, 0.25) is 0 Å². The van der Waals surface area contributed by atoms with E-state index in [9.17, 15) is 8.42 Å². The summed E-state index contributed by atoms with van der Waals surface area (Å²) in [7, 11) is -0.248. The van der Waals surface area contributed by atoms with Crippen LogP contribution < -0.4 is 10.0 Å². The molecule has 1 rings (SSSR count). The van der Waals surface area contributed by atoms with Crippen LogP contribution in [0.4, 0.5) is 5.82 Å². The lowest BCUT2D eigenvalue weighted by molar-refractivity contribution is 0.204. The molecule has 1 heterocycles. The largest absolute Gasteiger partial charge is 0.383 e. The van der Waals surface area contributed by atoms with Crippen molar-refractivity contribution >= 4 is 15.8 Å². The minimum Gasteiger partial charge on any atom is -0.383 e. The molecule has 0 unspecified atom stereocenters. The molecule has 0 fully saturated rings. The average molecular weight is 259 g/mol. The molecule has 1 aromatic heterocycles. The van der Waals surface area contributed by atoms with Crippen LogP contribution in [-0.2, 0) is 14.8 Å². The van der Waals surface area contributed by atoms with Gasteiger partial charge in [-0.25, -0.2) is 18.1 Å². The predicted molar refractivity (Wildman–Crippen MR) is 65.6 cm³/mol. The Morgan fingerprint density at radius 3 is 2.71 bits per heavy atom. The first-order valence-electron chi connectivity index (χ1n) is 5.14. The minimum atomic E-state index is -3.50. The molecule has 17 heavy (non-hydrogen) atoms. The maximum absolute atomic E-state index is 11.8. The van der Waals surface area contributed by atoms with E-state index in [4.69, 9.17) is 4.74 Å². The first-order valence-corrected chi connectivity index (χ1v) is 6.62. The molecule has 0 bridgehead atoms. The van der Waals surface area contributed by atoms with Crippen molar-refractivity contribution in [2.75, 3.05) is 32.6 Å². The zero-order valence-electron chi connectivity index (χ0n) is 10.1. The Labute approximate surface area is 101 Å². The van der Waals surface area contributed by atoms with E-state index in [1.165, 1.54) is 13.3 Å².